The van der Waals surface area contributed by atoms with Gasteiger partial charge in [-0.2, -0.15) is 0 Å². The third kappa shape index (κ3) is 1.55. The average molecular weight is 192 g/mol. The van der Waals surface area contributed by atoms with Crippen molar-refractivity contribution in [3.63, 3.8) is 0 Å². The molecule has 0 aliphatic carbocycles. The highest BCUT2D eigenvalue weighted by atomic mass is 16.2. The van der Waals surface area contributed by atoms with Crippen LogP contribution in [0.15, 0.2) is 12.1 Å². The van der Waals surface area contributed by atoms with Crippen molar-refractivity contribution < 1.29 is 9.59 Å². The molecule has 2 rings (SSSR count). The lowest BCUT2D eigenvalue weighted by Gasteiger charge is -2.13. The summed E-state index contributed by atoms with van der Waals surface area (Å²) in [6.07, 6.45) is 2.86. The minimum atomic E-state index is -0.00407. The molecule has 4 heteroatoms. The molecule has 1 fully saturated rings. The first-order chi connectivity index (χ1) is 6.81. The third-order valence-corrected chi connectivity index (χ3v) is 2.46. The first-order valence-electron chi connectivity index (χ1n) is 4.75. The molecule has 74 valence electrons. The van der Waals surface area contributed by atoms with Gasteiger partial charge in [-0.3, -0.25) is 9.59 Å². The Labute approximate surface area is 81.9 Å². The van der Waals surface area contributed by atoms with Gasteiger partial charge >= 0.3 is 0 Å². The molecule has 0 atom stereocenters. The molecule has 1 aromatic heterocycles. The highest BCUT2D eigenvalue weighted by Gasteiger charge is 2.20. The SMILES string of the molecule is O=Cc1ccc(C(=O)N2CCCC2)[nH]1. The number of aldehydes is 1. The second-order valence-corrected chi connectivity index (χ2v) is 3.44. The van der Waals surface area contributed by atoms with E-state index in [0.29, 0.717) is 17.7 Å². The minimum absolute atomic E-state index is 0.00407. The Kier molecular flexibility index (Phi) is 2.35. The van der Waals surface area contributed by atoms with E-state index in [0.717, 1.165) is 25.9 Å². The largest absolute Gasteiger partial charge is 0.348 e. The zero-order valence-electron chi connectivity index (χ0n) is 7.82. The van der Waals surface area contributed by atoms with Crippen LogP contribution in [-0.4, -0.2) is 35.2 Å². The Balaban J connectivity index is 2.13. The van der Waals surface area contributed by atoms with Crippen LogP contribution in [0.25, 0.3) is 0 Å². The molecule has 0 bridgehead atoms. The predicted molar refractivity (Wildman–Crippen MR) is 51.3 cm³/mol. The number of aromatic amines is 1. The van der Waals surface area contributed by atoms with E-state index in [9.17, 15) is 9.59 Å². The first-order valence-corrected chi connectivity index (χ1v) is 4.75. The van der Waals surface area contributed by atoms with Crippen molar-refractivity contribution in [2.75, 3.05) is 13.1 Å². The summed E-state index contributed by atoms with van der Waals surface area (Å²) in [5.74, 6) is -0.00407. The summed E-state index contributed by atoms with van der Waals surface area (Å²) >= 11 is 0. The summed E-state index contributed by atoms with van der Waals surface area (Å²) < 4.78 is 0. The molecule has 14 heavy (non-hydrogen) atoms. The van der Waals surface area contributed by atoms with Gasteiger partial charge in [-0.05, 0) is 25.0 Å². The van der Waals surface area contributed by atoms with Crippen LogP contribution in [0.4, 0.5) is 0 Å². The number of H-pyrrole nitrogens is 1. The van der Waals surface area contributed by atoms with Crippen molar-refractivity contribution in [2.24, 2.45) is 0 Å². The van der Waals surface area contributed by atoms with Crippen LogP contribution in [0, 0.1) is 0 Å². The summed E-state index contributed by atoms with van der Waals surface area (Å²) in [6.45, 7) is 1.66. The maximum Gasteiger partial charge on any atom is 0.270 e. The molecule has 1 aliphatic rings. The van der Waals surface area contributed by atoms with Crippen LogP contribution in [0.1, 0.15) is 33.8 Å². The number of amides is 1. The molecule has 0 spiro atoms. The van der Waals surface area contributed by atoms with Gasteiger partial charge in [0.2, 0.25) is 0 Å². The van der Waals surface area contributed by atoms with E-state index in [1.807, 2.05) is 0 Å². The number of aromatic nitrogens is 1. The van der Waals surface area contributed by atoms with Crippen LogP contribution in [-0.2, 0) is 0 Å². The average Bonchev–Trinajstić information content (AvgIpc) is 2.88. The van der Waals surface area contributed by atoms with Gasteiger partial charge < -0.3 is 9.88 Å². The molecule has 0 saturated carbocycles. The number of rotatable bonds is 2. The molecular weight excluding hydrogens is 180 g/mol. The number of hydrogen-bond donors (Lipinski definition) is 1. The van der Waals surface area contributed by atoms with E-state index >= 15 is 0 Å². The molecule has 1 aliphatic heterocycles. The van der Waals surface area contributed by atoms with Gasteiger partial charge in [-0.1, -0.05) is 0 Å². The smallest absolute Gasteiger partial charge is 0.270 e. The van der Waals surface area contributed by atoms with E-state index in [1.54, 1.807) is 17.0 Å². The van der Waals surface area contributed by atoms with Crippen molar-refractivity contribution in [2.45, 2.75) is 12.8 Å². The fourth-order valence-electron chi connectivity index (χ4n) is 1.70. The predicted octanol–water partition coefficient (Wildman–Crippen LogP) is 1.06. The van der Waals surface area contributed by atoms with Crippen LogP contribution in [0.5, 0.6) is 0 Å². The van der Waals surface area contributed by atoms with Crippen LogP contribution >= 0.6 is 0 Å². The molecule has 1 amide bonds. The standard InChI is InChI=1S/C10H12N2O2/c13-7-8-3-4-9(11-8)10(14)12-5-1-2-6-12/h3-4,7,11H,1-2,5-6H2. The Morgan fingerprint density at radius 1 is 1.36 bits per heavy atom. The van der Waals surface area contributed by atoms with Gasteiger partial charge in [-0.15, -0.1) is 0 Å². The second-order valence-electron chi connectivity index (χ2n) is 3.44. The third-order valence-electron chi connectivity index (χ3n) is 2.46. The quantitative estimate of drug-likeness (QED) is 0.712. The van der Waals surface area contributed by atoms with Gasteiger partial charge in [0.25, 0.3) is 5.91 Å². The number of nitrogens with zero attached hydrogens (tertiary/aromatic N) is 1. The zero-order chi connectivity index (χ0) is 9.97. The zero-order valence-corrected chi connectivity index (χ0v) is 7.82. The normalized spacial score (nSPS) is 15.9. The maximum absolute atomic E-state index is 11.8. The van der Waals surface area contributed by atoms with E-state index < -0.39 is 0 Å². The van der Waals surface area contributed by atoms with Crippen LogP contribution in [0.3, 0.4) is 0 Å². The van der Waals surface area contributed by atoms with Crippen molar-refractivity contribution in [1.29, 1.82) is 0 Å². The van der Waals surface area contributed by atoms with Gasteiger partial charge in [0.1, 0.15) is 5.69 Å². The van der Waals surface area contributed by atoms with E-state index in [4.69, 9.17) is 0 Å². The highest BCUT2D eigenvalue weighted by molar-refractivity contribution is 5.93. The summed E-state index contributed by atoms with van der Waals surface area (Å²) in [6, 6.07) is 3.28. The fraction of sp³-hybridized carbons (Fsp3) is 0.400. The van der Waals surface area contributed by atoms with E-state index in [-0.39, 0.29) is 5.91 Å². The van der Waals surface area contributed by atoms with Crippen molar-refractivity contribution >= 4 is 12.2 Å². The van der Waals surface area contributed by atoms with Gasteiger partial charge in [0, 0.05) is 13.1 Å². The monoisotopic (exact) mass is 192 g/mol. The Morgan fingerprint density at radius 2 is 2.07 bits per heavy atom. The van der Waals surface area contributed by atoms with Gasteiger partial charge in [0.15, 0.2) is 6.29 Å². The lowest BCUT2D eigenvalue weighted by molar-refractivity contribution is 0.0787. The molecule has 0 radical (unpaired) electrons. The van der Waals surface area contributed by atoms with Crippen molar-refractivity contribution in [1.82, 2.24) is 9.88 Å². The van der Waals surface area contributed by atoms with Gasteiger partial charge in [-0.25, -0.2) is 0 Å². The van der Waals surface area contributed by atoms with Crippen LogP contribution < -0.4 is 0 Å². The fourth-order valence-corrected chi connectivity index (χ4v) is 1.70. The highest BCUT2D eigenvalue weighted by Crippen LogP contribution is 2.12. The molecule has 0 unspecified atom stereocenters. The molecule has 2 heterocycles. The Bertz CT molecular complexity index is 351. The summed E-state index contributed by atoms with van der Waals surface area (Å²) in [7, 11) is 0. The van der Waals surface area contributed by atoms with Crippen molar-refractivity contribution in [3.05, 3.63) is 23.5 Å². The first kappa shape index (κ1) is 8.99. The Hall–Kier alpha value is -1.58. The number of carbonyl (C=O) groups excluding carboxylic acids is 2. The molecule has 0 aromatic carbocycles. The maximum atomic E-state index is 11.8. The number of carbonyl (C=O) groups is 2. The van der Waals surface area contributed by atoms with Crippen molar-refractivity contribution in [3.8, 4) is 0 Å². The van der Waals surface area contributed by atoms with E-state index in [2.05, 4.69) is 4.98 Å². The second kappa shape index (κ2) is 3.65. The molecular formula is C10H12N2O2. The lowest BCUT2D eigenvalue weighted by Crippen LogP contribution is -2.27. The lowest BCUT2D eigenvalue weighted by atomic mass is 10.4. The minimum Gasteiger partial charge on any atom is -0.348 e. The Morgan fingerprint density at radius 3 is 2.64 bits per heavy atom. The van der Waals surface area contributed by atoms with Crippen LogP contribution in [0.2, 0.25) is 0 Å². The summed E-state index contributed by atoms with van der Waals surface area (Å²) in [5.41, 5.74) is 0.960. The number of likely N-dealkylation sites (tertiary alicyclic amines) is 1. The summed E-state index contributed by atoms with van der Waals surface area (Å²) in [4.78, 5) is 26.7. The molecule has 4 nitrogen and oxygen atoms in total. The topological polar surface area (TPSA) is 53.2 Å². The molecule has 1 saturated heterocycles. The van der Waals surface area contributed by atoms with Gasteiger partial charge in [0.05, 0.1) is 5.69 Å². The van der Waals surface area contributed by atoms with E-state index in [1.165, 1.54) is 0 Å². The summed E-state index contributed by atoms with van der Waals surface area (Å²) in [5, 5.41) is 0. The number of hydrogen-bond acceptors (Lipinski definition) is 2. The molecule has 1 N–H and O–H groups in total. The molecule has 1 aromatic rings. The number of nitrogens with one attached hydrogen (secondary N) is 1.